The smallest absolute Gasteiger partial charge is 0.0743 e. The lowest BCUT2D eigenvalue weighted by Crippen LogP contribution is -2.46. The molecule has 2 nitrogen and oxygen atoms in total. The second-order valence-corrected chi connectivity index (χ2v) is 4.91. The van der Waals surface area contributed by atoms with Gasteiger partial charge in [0.25, 0.3) is 0 Å². The van der Waals surface area contributed by atoms with Crippen molar-refractivity contribution in [2.24, 2.45) is 17.1 Å². The maximum absolute atomic E-state index is 10.7. The monoisotopic (exact) mass is 183 g/mol. The predicted molar refractivity (Wildman–Crippen MR) is 53.3 cm³/mol. The van der Waals surface area contributed by atoms with Gasteiger partial charge in [-0.1, -0.05) is 19.8 Å². The highest BCUT2D eigenvalue weighted by Crippen LogP contribution is 2.61. The molecule has 3 N–H and O–H groups in total. The Morgan fingerprint density at radius 3 is 2.54 bits per heavy atom. The van der Waals surface area contributed by atoms with Gasteiger partial charge in [0, 0.05) is 12.0 Å². The Balaban J connectivity index is 2.18. The molecule has 2 aliphatic rings. The van der Waals surface area contributed by atoms with Crippen molar-refractivity contribution in [1.29, 1.82) is 0 Å². The molecule has 2 saturated carbocycles. The van der Waals surface area contributed by atoms with Crippen LogP contribution in [-0.2, 0) is 0 Å². The van der Waals surface area contributed by atoms with Crippen molar-refractivity contribution < 1.29 is 5.11 Å². The fourth-order valence-electron chi connectivity index (χ4n) is 3.27. The highest BCUT2D eigenvalue weighted by atomic mass is 16.3. The summed E-state index contributed by atoms with van der Waals surface area (Å²) in [6, 6.07) is 0. The minimum Gasteiger partial charge on any atom is -0.389 e. The molecule has 2 aliphatic carbocycles. The molecule has 0 bridgehead atoms. The molecule has 2 fully saturated rings. The van der Waals surface area contributed by atoms with Gasteiger partial charge in [-0.25, -0.2) is 0 Å². The van der Waals surface area contributed by atoms with E-state index in [0.717, 1.165) is 25.7 Å². The average Bonchev–Trinajstić information content (AvgIpc) is 2.86. The summed E-state index contributed by atoms with van der Waals surface area (Å²) in [4.78, 5) is 0. The Hall–Kier alpha value is -0.0800. The topological polar surface area (TPSA) is 46.2 Å². The molecule has 0 amide bonds. The minimum atomic E-state index is -0.406. The molecule has 0 aromatic heterocycles. The molecule has 0 radical (unpaired) electrons. The van der Waals surface area contributed by atoms with Crippen molar-refractivity contribution in [3.63, 3.8) is 0 Å². The lowest BCUT2D eigenvalue weighted by atomic mass is 9.75. The van der Waals surface area contributed by atoms with E-state index < -0.39 is 5.60 Å². The van der Waals surface area contributed by atoms with Gasteiger partial charge in [0.1, 0.15) is 0 Å². The van der Waals surface area contributed by atoms with Crippen LogP contribution in [0.4, 0.5) is 0 Å². The van der Waals surface area contributed by atoms with E-state index >= 15 is 0 Å². The first-order valence-electron chi connectivity index (χ1n) is 5.61. The summed E-state index contributed by atoms with van der Waals surface area (Å²) in [7, 11) is 0. The molecule has 0 heterocycles. The number of rotatable bonds is 3. The lowest BCUT2D eigenvalue weighted by Gasteiger charge is -2.37. The van der Waals surface area contributed by atoms with Crippen LogP contribution in [0.3, 0.4) is 0 Å². The van der Waals surface area contributed by atoms with Gasteiger partial charge in [-0.2, -0.15) is 0 Å². The van der Waals surface area contributed by atoms with Crippen LogP contribution in [0.2, 0.25) is 0 Å². The van der Waals surface area contributed by atoms with E-state index in [0.29, 0.717) is 12.5 Å². The number of nitrogens with two attached hydrogens (primary N) is 1. The van der Waals surface area contributed by atoms with Crippen molar-refractivity contribution >= 4 is 0 Å². The number of hydrogen-bond donors (Lipinski definition) is 2. The van der Waals surface area contributed by atoms with Crippen LogP contribution in [0, 0.1) is 11.3 Å². The first kappa shape index (κ1) is 9.47. The SMILES string of the molecule is CCC1CCCC1(O)C1(CN)CC1. The highest BCUT2D eigenvalue weighted by molar-refractivity contribution is 5.13. The second kappa shape index (κ2) is 2.96. The zero-order valence-electron chi connectivity index (χ0n) is 8.55. The molecule has 2 unspecified atom stereocenters. The first-order valence-corrected chi connectivity index (χ1v) is 5.61. The summed E-state index contributed by atoms with van der Waals surface area (Å²) >= 11 is 0. The third-order valence-electron chi connectivity index (χ3n) is 4.44. The molecule has 0 saturated heterocycles. The van der Waals surface area contributed by atoms with Gasteiger partial charge >= 0.3 is 0 Å². The molecule has 2 heteroatoms. The van der Waals surface area contributed by atoms with Gasteiger partial charge < -0.3 is 10.8 Å². The van der Waals surface area contributed by atoms with Crippen molar-refractivity contribution in [2.45, 2.75) is 51.0 Å². The predicted octanol–water partition coefficient (Wildman–Crippen LogP) is 1.67. The Kier molecular flexibility index (Phi) is 2.16. The fraction of sp³-hybridized carbons (Fsp3) is 1.00. The molecule has 2 atom stereocenters. The maximum atomic E-state index is 10.7. The van der Waals surface area contributed by atoms with Crippen LogP contribution in [-0.4, -0.2) is 17.3 Å². The summed E-state index contributed by atoms with van der Waals surface area (Å²) in [5.74, 6) is 0.513. The average molecular weight is 183 g/mol. The van der Waals surface area contributed by atoms with Crippen molar-refractivity contribution in [3.05, 3.63) is 0 Å². The Labute approximate surface area is 80.5 Å². The van der Waals surface area contributed by atoms with Crippen LogP contribution in [0.25, 0.3) is 0 Å². The van der Waals surface area contributed by atoms with E-state index in [4.69, 9.17) is 5.73 Å². The minimum absolute atomic E-state index is 0.115. The fourth-order valence-corrected chi connectivity index (χ4v) is 3.27. The molecule has 0 spiro atoms. The Morgan fingerprint density at radius 2 is 2.08 bits per heavy atom. The maximum Gasteiger partial charge on any atom is 0.0743 e. The van der Waals surface area contributed by atoms with Crippen molar-refractivity contribution in [1.82, 2.24) is 0 Å². The third kappa shape index (κ3) is 1.15. The zero-order valence-corrected chi connectivity index (χ0v) is 8.55. The van der Waals surface area contributed by atoms with Gasteiger partial charge in [-0.05, 0) is 31.6 Å². The van der Waals surface area contributed by atoms with E-state index in [2.05, 4.69) is 6.92 Å². The summed E-state index contributed by atoms with van der Waals surface area (Å²) in [5.41, 5.74) is 5.50. The molecule has 2 rings (SSSR count). The highest BCUT2D eigenvalue weighted by Gasteiger charge is 2.61. The van der Waals surface area contributed by atoms with Crippen LogP contribution in [0.15, 0.2) is 0 Å². The van der Waals surface area contributed by atoms with E-state index in [-0.39, 0.29) is 5.41 Å². The zero-order chi connectivity index (χ0) is 9.53. The van der Waals surface area contributed by atoms with E-state index in [1.165, 1.54) is 12.8 Å². The van der Waals surface area contributed by atoms with E-state index in [1.807, 2.05) is 0 Å². The first-order chi connectivity index (χ1) is 6.18. The summed E-state index contributed by atoms with van der Waals surface area (Å²) in [6.07, 6.45) is 6.79. The molecule has 0 aromatic carbocycles. The van der Waals surface area contributed by atoms with Crippen LogP contribution < -0.4 is 5.73 Å². The Morgan fingerprint density at radius 1 is 1.38 bits per heavy atom. The number of aliphatic hydroxyl groups is 1. The van der Waals surface area contributed by atoms with Gasteiger partial charge in [-0.3, -0.25) is 0 Å². The molecule has 0 aromatic rings. The van der Waals surface area contributed by atoms with Crippen LogP contribution >= 0.6 is 0 Å². The molecular weight excluding hydrogens is 162 g/mol. The quantitative estimate of drug-likeness (QED) is 0.699. The van der Waals surface area contributed by atoms with Crippen molar-refractivity contribution in [3.8, 4) is 0 Å². The van der Waals surface area contributed by atoms with E-state index in [9.17, 15) is 5.11 Å². The summed E-state index contributed by atoms with van der Waals surface area (Å²) in [6.45, 7) is 2.87. The van der Waals surface area contributed by atoms with Crippen LogP contribution in [0.1, 0.15) is 45.4 Å². The summed E-state index contributed by atoms with van der Waals surface area (Å²) in [5, 5.41) is 10.7. The van der Waals surface area contributed by atoms with E-state index in [1.54, 1.807) is 0 Å². The Bertz CT molecular complexity index is 200. The number of hydrogen-bond acceptors (Lipinski definition) is 2. The second-order valence-electron chi connectivity index (χ2n) is 4.91. The molecule has 0 aliphatic heterocycles. The van der Waals surface area contributed by atoms with Crippen LogP contribution in [0.5, 0.6) is 0 Å². The van der Waals surface area contributed by atoms with Gasteiger partial charge in [-0.15, -0.1) is 0 Å². The normalized spacial score (nSPS) is 42.2. The molecule has 13 heavy (non-hydrogen) atoms. The van der Waals surface area contributed by atoms with Gasteiger partial charge in [0.05, 0.1) is 5.60 Å². The summed E-state index contributed by atoms with van der Waals surface area (Å²) < 4.78 is 0. The van der Waals surface area contributed by atoms with Gasteiger partial charge in [0.15, 0.2) is 0 Å². The largest absolute Gasteiger partial charge is 0.389 e. The van der Waals surface area contributed by atoms with Crippen molar-refractivity contribution in [2.75, 3.05) is 6.54 Å². The third-order valence-corrected chi connectivity index (χ3v) is 4.44. The van der Waals surface area contributed by atoms with Gasteiger partial charge in [0.2, 0.25) is 0 Å². The molecule has 76 valence electrons. The standard InChI is InChI=1S/C11H21NO/c1-2-9-4-3-5-11(9,13)10(8-12)6-7-10/h9,13H,2-8,12H2,1H3. The molecular formula is C11H21NO. The lowest BCUT2D eigenvalue weighted by molar-refractivity contribution is -0.0629.